The first-order valence-electron chi connectivity index (χ1n) is 8.64. The molecule has 0 saturated carbocycles. The third-order valence-electron chi connectivity index (χ3n) is 4.84. The van der Waals surface area contributed by atoms with Gasteiger partial charge in [-0.15, -0.1) is 0 Å². The van der Waals surface area contributed by atoms with Crippen molar-refractivity contribution in [3.8, 4) is 5.75 Å². The lowest BCUT2D eigenvalue weighted by Gasteiger charge is -2.30. The highest BCUT2D eigenvalue weighted by Crippen LogP contribution is 2.35. The van der Waals surface area contributed by atoms with E-state index >= 15 is 0 Å². The molecule has 0 spiro atoms. The number of aromatic nitrogens is 1. The van der Waals surface area contributed by atoms with Crippen molar-refractivity contribution in [2.45, 2.75) is 26.8 Å². The van der Waals surface area contributed by atoms with Crippen LogP contribution in [0.1, 0.15) is 36.6 Å². The van der Waals surface area contributed by atoms with E-state index in [4.69, 9.17) is 4.74 Å². The van der Waals surface area contributed by atoms with Gasteiger partial charge in [-0.05, 0) is 48.8 Å². The van der Waals surface area contributed by atoms with Crippen LogP contribution in [-0.2, 0) is 0 Å². The van der Waals surface area contributed by atoms with Gasteiger partial charge in [-0.3, -0.25) is 4.90 Å². The number of hydrogen-bond acceptors (Lipinski definition) is 2. The van der Waals surface area contributed by atoms with Crippen LogP contribution in [0, 0.1) is 6.92 Å². The summed E-state index contributed by atoms with van der Waals surface area (Å²) in [5, 5.41) is 1.30. The largest absolute Gasteiger partial charge is 0.497 e. The molecule has 0 aliphatic heterocycles. The van der Waals surface area contributed by atoms with Crippen molar-refractivity contribution in [3.63, 3.8) is 0 Å². The molecule has 1 unspecified atom stereocenters. The van der Waals surface area contributed by atoms with Crippen LogP contribution in [0.25, 0.3) is 10.9 Å². The fourth-order valence-electron chi connectivity index (χ4n) is 3.54. The van der Waals surface area contributed by atoms with Crippen molar-refractivity contribution < 1.29 is 4.74 Å². The van der Waals surface area contributed by atoms with Gasteiger partial charge in [-0.25, -0.2) is 0 Å². The van der Waals surface area contributed by atoms with Crippen LogP contribution in [0.5, 0.6) is 5.75 Å². The first-order valence-corrected chi connectivity index (χ1v) is 8.64. The van der Waals surface area contributed by atoms with Crippen LogP contribution in [0.4, 0.5) is 0 Å². The fraction of sp³-hybridized carbons (Fsp3) is 0.333. The summed E-state index contributed by atoms with van der Waals surface area (Å²) in [6.07, 6.45) is 2.17. The summed E-state index contributed by atoms with van der Waals surface area (Å²) in [5.74, 6) is 0.903. The van der Waals surface area contributed by atoms with Gasteiger partial charge in [0.25, 0.3) is 0 Å². The molecule has 0 bridgehead atoms. The SMILES string of the molecule is CCN(CC)C(c1cccc(OC)c1)c1c[nH]c2c(C)cccc12. The van der Waals surface area contributed by atoms with E-state index in [1.807, 2.05) is 6.07 Å². The minimum Gasteiger partial charge on any atom is -0.497 e. The molecule has 1 aromatic heterocycles. The summed E-state index contributed by atoms with van der Waals surface area (Å²) in [5.41, 5.74) is 5.10. The van der Waals surface area contributed by atoms with Crippen LogP contribution in [0.15, 0.2) is 48.7 Å². The van der Waals surface area contributed by atoms with Gasteiger partial charge in [0.1, 0.15) is 5.75 Å². The van der Waals surface area contributed by atoms with E-state index < -0.39 is 0 Å². The Labute approximate surface area is 144 Å². The van der Waals surface area contributed by atoms with E-state index in [9.17, 15) is 0 Å². The standard InChI is InChI=1S/C21H26N2O/c1-5-23(6-2)21(16-10-8-11-17(13-16)24-4)19-14-22-20-15(3)9-7-12-18(19)20/h7-14,21-22H,5-6H2,1-4H3. The Morgan fingerprint density at radius 2 is 1.83 bits per heavy atom. The van der Waals surface area contributed by atoms with Gasteiger partial charge < -0.3 is 9.72 Å². The summed E-state index contributed by atoms with van der Waals surface area (Å²) in [7, 11) is 1.72. The van der Waals surface area contributed by atoms with Crippen molar-refractivity contribution in [1.82, 2.24) is 9.88 Å². The molecule has 0 aliphatic carbocycles. The second-order valence-corrected chi connectivity index (χ2v) is 6.14. The van der Waals surface area contributed by atoms with Crippen molar-refractivity contribution in [2.24, 2.45) is 0 Å². The molecule has 0 aliphatic rings. The summed E-state index contributed by atoms with van der Waals surface area (Å²) in [6, 6.07) is 15.1. The third kappa shape index (κ3) is 2.92. The Balaban J connectivity index is 2.18. The molecule has 126 valence electrons. The molecule has 1 atom stereocenters. The summed E-state index contributed by atoms with van der Waals surface area (Å²) < 4.78 is 5.45. The van der Waals surface area contributed by atoms with Crippen LogP contribution in [-0.4, -0.2) is 30.1 Å². The molecule has 3 heteroatoms. The smallest absolute Gasteiger partial charge is 0.119 e. The average Bonchev–Trinajstić information content (AvgIpc) is 3.04. The van der Waals surface area contributed by atoms with Crippen molar-refractivity contribution in [3.05, 3.63) is 65.4 Å². The van der Waals surface area contributed by atoms with Gasteiger partial charge >= 0.3 is 0 Å². The summed E-state index contributed by atoms with van der Waals surface area (Å²) >= 11 is 0. The minimum absolute atomic E-state index is 0.214. The van der Waals surface area contributed by atoms with E-state index in [0.717, 1.165) is 18.8 Å². The molecule has 0 fully saturated rings. The highest BCUT2D eigenvalue weighted by Gasteiger charge is 2.23. The molecule has 0 radical (unpaired) electrons. The number of ether oxygens (including phenoxy) is 1. The van der Waals surface area contributed by atoms with Crippen molar-refractivity contribution >= 4 is 10.9 Å². The molecule has 0 amide bonds. The van der Waals surface area contributed by atoms with Gasteiger partial charge in [0, 0.05) is 17.1 Å². The quantitative estimate of drug-likeness (QED) is 0.698. The maximum atomic E-state index is 5.45. The number of aryl methyl sites for hydroxylation is 1. The number of fused-ring (bicyclic) bond motifs is 1. The maximum Gasteiger partial charge on any atom is 0.119 e. The lowest BCUT2D eigenvalue weighted by molar-refractivity contribution is 0.251. The molecule has 1 N–H and O–H groups in total. The molecule has 3 nitrogen and oxygen atoms in total. The van der Waals surface area contributed by atoms with Gasteiger partial charge in [0.05, 0.1) is 13.2 Å². The van der Waals surface area contributed by atoms with E-state index in [1.165, 1.54) is 27.6 Å². The predicted molar refractivity (Wildman–Crippen MR) is 101 cm³/mol. The fourth-order valence-corrected chi connectivity index (χ4v) is 3.54. The summed E-state index contributed by atoms with van der Waals surface area (Å²) in [4.78, 5) is 5.97. The topological polar surface area (TPSA) is 28.3 Å². The van der Waals surface area contributed by atoms with Gasteiger partial charge in [-0.2, -0.15) is 0 Å². The van der Waals surface area contributed by atoms with Crippen LogP contribution < -0.4 is 4.74 Å². The third-order valence-corrected chi connectivity index (χ3v) is 4.84. The lowest BCUT2D eigenvalue weighted by atomic mass is 9.95. The second-order valence-electron chi connectivity index (χ2n) is 6.14. The number of H-pyrrole nitrogens is 1. The normalized spacial score (nSPS) is 12.7. The highest BCUT2D eigenvalue weighted by molar-refractivity contribution is 5.86. The number of benzene rings is 2. The molecule has 2 aromatic carbocycles. The Morgan fingerprint density at radius 3 is 2.54 bits per heavy atom. The Bertz CT molecular complexity index is 818. The van der Waals surface area contributed by atoms with Gasteiger partial charge in [0.2, 0.25) is 0 Å². The number of rotatable bonds is 6. The zero-order chi connectivity index (χ0) is 17.1. The number of nitrogens with one attached hydrogen (secondary N) is 1. The van der Waals surface area contributed by atoms with Gasteiger partial charge in [0.15, 0.2) is 0 Å². The zero-order valence-corrected chi connectivity index (χ0v) is 15.0. The Kier molecular flexibility index (Phi) is 4.91. The monoisotopic (exact) mass is 322 g/mol. The molecular formula is C21H26N2O. The van der Waals surface area contributed by atoms with Crippen LogP contribution in [0.3, 0.4) is 0 Å². The second kappa shape index (κ2) is 7.10. The summed E-state index contributed by atoms with van der Waals surface area (Å²) in [6.45, 7) is 8.59. The average molecular weight is 322 g/mol. The number of hydrogen-bond donors (Lipinski definition) is 1. The van der Waals surface area contributed by atoms with E-state index in [-0.39, 0.29) is 6.04 Å². The van der Waals surface area contributed by atoms with E-state index in [0.29, 0.717) is 0 Å². The first-order chi connectivity index (χ1) is 11.7. The lowest BCUT2D eigenvalue weighted by Crippen LogP contribution is -2.29. The van der Waals surface area contributed by atoms with Crippen molar-refractivity contribution in [1.29, 1.82) is 0 Å². The Hall–Kier alpha value is -2.26. The first kappa shape index (κ1) is 16.6. The minimum atomic E-state index is 0.214. The van der Waals surface area contributed by atoms with E-state index in [2.05, 4.69) is 73.3 Å². The van der Waals surface area contributed by atoms with E-state index in [1.54, 1.807) is 7.11 Å². The van der Waals surface area contributed by atoms with Gasteiger partial charge in [-0.1, -0.05) is 44.2 Å². The highest BCUT2D eigenvalue weighted by atomic mass is 16.5. The number of para-hydroxylation sites is 1. The molecular weight excluding hydrogens is 296 g/mol. The Morgan fingerprint density at radius 1 is 1.08 bits per heavy atom. The molecule has 3 rings (SSSR count). The number of methoxy groups -OCH3 is 1. The maximum absolute atomic E-state index is 5.45. The van der Waals surface area contributed by atoms with Crippen LogP contribution >= 0.6 is 0 Å². The number of aromatic amines is 1. The zero-order valence-electron chi connectivity index (χ0n) is 15.0. The van der Waals surface area contributed by atoms with Crippen molar-refractivity contribution in [2.75, 3.05) is 20.2 Å². The molecule has 24 heavy (non-hydrogen) atoms. The molecule has 3 aromatic rings. The molecule has 0 saturated heterocycles. The predicted octanol–water partition coefficient (Wildman–Crippen LogP) is 4.92. The number of nitrogens with zero attached hydrogens (tertiary/aromatic N) is 1. The van der Waals surface area contributed by atoms with Crippen LogP contribution in [0.2, 0.25) is 0 Å². The molecule has 1 heterocycles.